The highest BCUT2D eigenvalue weighted by Crippen LogP contribution is 2.11. The lowest BCUT2D eigenvalue weighted by Crippen LogP contribution is -2.37. The topological polar surface area (TPSA) is 38.0 Å². The molecule has 0 saturated heterocycles. The van der Waals surface area contributed by atoms with Gasteiger partial charge in [-0.05, 0) is 18.1 Å². The van der Waals surface area contributed by atoms with Gasteiger partial charge in [-0.2, -0.15) is 11.8 Å². The molecule has 0 aliphatic carbocycles. The van der Waals surface area contributed by atoms with E-state index in [-0.39, 0.29) is 0 Å². The van der Waals surface area contributed by atoms with Crippen LogP contribution < -0.4 is 11.3 Å². The third-order valence-electron chi connectivity index (χ3n) is 2.09. The second-order valence-electron chi connectivity index (χ2n) is 3.85. The van der Waals surface area contributed by atoms with Crippen molar-refractivity contribution in [3.05, 3.63) is 0 Å². The zero-order valence-electron chi connectivity index (χ0n) is 9.18. The van der Waals surface area contributed by atoms with Crippen molar-refractivity contribution in [3.8, 4) is 0 Å². The molecular weight excluding hydrogens is 180 g/mol. The van der Waals surface area contributed by atoms with E-state index in [9.17, 15) is 0 Å². The van der Waals surface area contributed by atoms with E-state index >= 15 is 0 Å². The van der Waals surface area contributed by atoms with Crippen LogP contribution in [-0.2, 0) is 0 Å². The molecule has 0 amide bonds. The van der Waals surface area contributed by atoms with Crippen molar-refractivity contribution in [1.82, 2.24) is 5.43 Å². The van der Waals surface area contributed by atoms with Gasteiger partial charge in [-0.3, -0.25) is 11.3 Å². The van der Waals surface area contributed by atoms with Gasteiger partial charge >= 0.3 is 0 Å². The van der Waals surface area contributed by atoms with Crippen molar-refractivity contribution in [2.24, 2.45) is 11.8 Å². The molecule has 0 spiro atoms. The maximum atomic E-state index is 5.47. The van der Waals surface area contributed by atoms with Gasteiger partial charge in [0.15, 0.2) is 0 Å². The molecule has 13 heavy (non-hydrogen) atoms. The smallest absolute Gasteiger partial charge is 0.0301 e. The number of nitrogens with one attached hydrogen (secondary N) is 1. The van der Waals surface area contributed by atoms with Gasteiger partial charge in [0.2, 0.25) is 0 Å². The average molecular weight is 204 g/mol. The molecule has 0 aliphatic rings. The second kappa shape index (κ2) is 8.85. The van der Waals surface area contributed by atoms with Crippen molar-refractivity contribution in [2.75, 3.05) is 11.5 Å². The molecule has 0 radical (unpaired) electrons. The van der Waals surface area contributed by atoms with Crippen LogP contribution in [0.4, 0.5) is 0 Å². The van der Waals surface area contributed by atoms with E-state index in [1.807, 2.05) is 11.8 Å². The Balaban J connectivity index is 3.36. The van der Waals surface area contributed by atoms with Crippen LogP contribution in [-0.4, -0.2) is 17.5 Å². The van der Waals surface area contributed by atoms with Gasteiger partial charge in [0.25, 0.3) is 0 Å². The summed E-state index contributed by atoms with van der Waals surface area (Å²) < 4.78 is 0. The van der Waals surface area contributed by atoms with E-state index < -0.39 is 0 Å². The number of nitrogens with two attached hydrogens (primary N) is 1. The Kier molecular flexibility index (Phi) is 9.03. The molecule has 0 aliphatic heterocycles. The van der Waals surface area contributed by atoms with Crippen LogP contribution in [0.2, 0.25) is 0 Å². The van der Waals surface area contributed by atoms with Crippen LogP contribution in [0.25, 0.3) is 0 Å². The normalized spacial score (nSPS) is 13.6. The number of hydrogen-bond donors (Lipinski definition) is 2. The Bertz CT molecular complexity index is 107. The summed E-state index contributed by atoms with van der Waals surface area (Å²) in [6.45, 7) is 6.73. The number of hydrazine groups is 1. The first-order valence-electron chi connectivity index (χ1n) is 5.24. The lowest BCUT2D eigenvalue weighted by Gasteiger charge is -2.15. The van der Waals surface area contributed by atoms with Crippen molar-refractivity contribution in [2.45, 2.75) is 46.1 Å². The molecule has 3 heteroatoms. The first-order valence-corrected chi connectivity index (χ1v) is 6.40. The predicted molar refractivity (Wildman–Crippen MR) is 62.8 cm³/mol. The molecule has 80 valence electrons. The van der Waals surface area contributed by atoms with Gasteiger partial charge in [-0.1, -0.05) is 33.6 Å². The van der Waals surface area contributed by atoms with Crippen LogP contribution in [0, 0.1) is 5.92 Å². The molecule has 0 aromatic carbocycles. The quantitative estimate of drug-likeness (QED) is 0.471. The highest BCUT2D eigenvalue weighted by molar-refractivity contribution is 7.99. The average Bonchev–Trinajstić information content (AvgIpc) is 2.10. The molecule has 0 bridgehead atoms. The van der Waals surface area contributed by atoms with E-state index in [0.29, 0.717) is 6.04 Å². The molecule has 0 saturated carbocycles. The van der Waals surface area contributed by atoms with Crippen molar-refractivity contribution in [1.29, 1.82) is 0 Å². The standard InChI is InChI=1S/C10H24N2S/c1-4-13-8-10(12-11)7-5-6-9(2)3/h9-10,12H,4-8,11H2,1-3H3. The van der Waals surface area contributed by atoms with Crippen LogP contribution in [0.1, 0.15) is 40.0 Å². The third-order valence-corrected chi connectivity index (χ3v) is 3.14. The largest absolute Gasteiger partial charge is 0.271 e. The van der Waals surface area contributed by atoms with Gasteiger partial charge in [-0.15, -0.1) is 0 Å². The highest BCUT2D eigenvalue weighted by Gasteiger charge is 2.05. The van der Waals surface area contributed by atoms with Crippen LogP contribution in [0.3, 0.4) is 0 Å². The SMILES string of the molecule is CCSCC(CCCC(C)C)NN. The summed E-state index contributed by atoms with van der Waals surface area (Å²) in [7, 11) is 0. The number of hydrogen-bond acceptors (Lipinski definition) is 3. The van der Waals surface area contributed by atoms with E-state index in [1.165, 1.54) is 25.0 Å². The fraction of sp³-hybridized carbons (Fsp3) is 1.00. The minimum Gasteiger partial charge on any atom is -0.271 e. The Morgan fingerprint density at radius 3 is 2.46 bits per heavy atom. The Hall–Kier alpha value is 0.270. The summed E-state index contributed by atoms with van der Waals surface area (Å²) >= 11 is 1.96. The maximum Gasteiger partial charge on any atom is 0.0301 e. The third kappa shape index (κ3) is 8.60. The Morgan fingerprint density at radius 2 is 2.00 bits per heavy atom. The highest BCUT2D eigenvalue weighted by atomic mass is 32.2. The first kappa shape index (κ1) is 13.3. The summed E-state index contributed by atoms with van der Waals surface area (Å²) in [5, 5.41) is 0. The molecule has 1 atom stereocenters. The molecule has 0 fully saturated rings. The van der Waals surface area contributed by atoms with E-state index in [0.717, 1.165) is 11.7 Å². The van der Waals surface area contributed by atoms with Crippen LogP contribution >= 0.6 is 11.8 Å². The van der Waals surface area contributed by atoms with Gasteiger partial charge in [0.05, 0.1) is 0 Å². The summed E-state index contributed by atoms with van der Waals surface area (Å²) in [4.78, 5) is 0. The zero-order valence-corrected chi connectivity index (χ0v) is 9.99. The fourth-order valence-corrected chi connectivity index (χ4v) is 2.03. The molecular formula is C10H24N2S. The molecule has 0 heterocycles. The van der Waals surface area contributed by atoms with E-state index in [4.69, 9.17) is 5.84 Å². The van der Waals surface area contributed by atoms with Gasteiger partial charge in [0.1, 0.15) is 0 Å². The summed E-state index contributed by atoms with van der Waals surface area (Å²) in [6, 6.07) is 0.503. The van der Waals surface area contributed by atoms with Gasteiger partial charge < -0.3 is 0 Å². The number of rotatable bonds is 8. The zero-order chi connectivity index (χ0) is 10.1. The van der Waals surface area contributed by atoms with E-state index in [2.05, 4.69) is 26.2 Å². The second-order valence-corrected chi connectivity index (χ2v) is 5.17. The first-order chi connectivity index (χ1) is 6.20. The Labute approximate surface area is 87.0 Å². The minimum atomic E-state index is 0.503. The maximum absolute atomic E-state index is 5.47. The van der Waals surface area contributed by atoms with Crippen molar-refractivity contribution < 1.29 is 0 Å². The predicted octanol–water partition coefficient (Wildman–Crippen LogP) is 2.40. The fourth-order valence-electron chi connectivity index (χ4n) is 1.25. The summed E-state index contributed by atoms with van der Waals surface area (Å²) in [5.74, 6) is 8.61. The molecule has 0 aromatic heterocycles. The van der Waals surface area contributed by atoms with Crippen LogP contribution in [0.15, 0.2) is 0 Å². The molecule has 1 unspecified atom stereocenters. The lowest BCUT2D eigenvalue weighted by atomic mass is 10.0. The molecule has 3 N–H and O–H groups in total. The van der Waals surface area contributed by atoms with Gasteiger partial charge in [-0.25, -0.2) is 0 Å². The van der Waals surface area contributed by atoms with E-state index in [1.54, 1.807) is 0 Å². The lowest BCUT2D eigenvalue weighted by molar-refractivity contribution is 0.469. The van der Waals surface area contributed by atoms with Gasteiger partial charge in [0, 0.05) is 11.8 Å². The molecule has 0 aromatic rings. The summed E-state index contributed by atoms with van der Waals surface area (Å²) in [6.07, 6.45) is 3.81. The monoisotopic (exact) mass is 204 g/mol. The Morgan fingerprint density at radius 1 is 1.31 bits per heavy atom. The van der Waals surface area contributed by atoms with Crippen molar-refractivity contribution in [3.63, 3.8) is 0 Å². The van der Waals surface area contributed by atoms with Crippen LogP contribution in [0.5, 0.6) is 0 Å². The molecule has 0 rings (SSSR count). The minimum absolute atomic E-state index is 0.503. The summed E-state index contributed by atoms with van der Waals surface area (Å²) in [5.41, 5.74) is 2.89. The molecule has 2 nitrogen and oxygen atoms in total. The number of thioether (sulfide) groups is 1. The van der Waals surface area contributed by atoms with Crippen molar-refractivity contribution >= 4 is 11.8 Å².